The van der Waals surface area contributed by atoms with Gasteiger partial charge in [0.05, 0.1) is 24.3 Å². The van der Waals surface area contributed by atoms with Crippen LogP contribution in [0.1, 0.15) is 22.5 Å². The first-order chi connectivity index (χ1) is 10.8. The van der Waals surface area contributed by atoms with E-state index in [0.717, 1.165) is 17.4 Å². The molecule has 1 aromatic rings. The van der Waals surface area contributed by atoms with Crippen LogP contribution in [0.4, 0.5) is 13.2 Å². The van der Waals surface area contributed by atoms with Crippen LogP contribution in [0.3, 0.4) is 0 Å². The third kappa shape index (κ3) is 3.07. The Morgan fingerprint density at radius 3 is 2.78 bits per heavy atom. The second kappa shape index (κ2) is 5.79. The van der Waals surface area contributed by atoms with Crippen LogP contribution in [-0.2, 0) is 18.0 Å². The number of ether oxygens (including phenoxy) is 1. The number of hydrogen-bond donors (Lipinski definition) is 0. The van der Waals surface area contributed by atoms with Crippen LogP contribution in [0, 0.1) is 0 Å². The number of likely N-dealkylation sites (N-methyl/N-ethyl adjacent to an activating group) is 1. The molecule has 2 aliphatic rings. The van der Waals surface area contributed by atoms with E-state index in [9.17, 15) is 18.0 Å². The summed E-state index contributed by atoms with van der Waals surface area (Å²) in [6.45, 7) is 2.16. The summed E-state index contributed by atoms with van der Waals surface area (Å²) in [7, 11) is 3.32. The van der Waals surface area contributed by atoms with Crippen LogP contribution in [0.2, 0.25) is 0 Å². The van der Waals surface area contributed by atoms with Crippen LogP contribution in [0.5, 0.6) is 0 Å². The van der Waals surface area contributed by atoms with Gasteiger partial charge in [0, 0.05) is 32.9 Å². The van der Waals surface area contributed by atoms with Crippen LogP contribution in [-0.4, -0.2) is 70.9 Å². The van der Waals surface area contributed by atoms with Crippen molar-refractivity contribution in [2.24, 2.45) is 7.05 Å². The van der Waals surface area contributed by atoms with Gasteiger partial charge >= 0.3 is 6.18 Å². The Labute approximate surface area is 131 Å². The van der Waals surface area contributed by atoms with Crippen molar-refractivity contribution in [2.45, 2.75) is 24.7 Å². The van der Waals surface area contributed by atoms with E-state index in [-0.39, 0.29) is 12.1 Å². The second-order valence-corrected chi connectivity index (χ2v) is 6.06. The molecule has 9 heteroatoms. The number of amides is 1. The average molecular weight is 332 g/mol. The number of fused-ring (bicyclic) bond motifs is 1. The van der Waals surface area contributed by atoms with E-state index in [4.69, 9.17) is 4.74 Å². The third-order valence-electron chi connectivity index (χ3n) is 4.48. The minimum atomic E-state index is -4.64. The first kappa shape index (κ1) is 16.3. The maximum Gasteiger partial charge on any atom is 0.435 e. The largest absolute Gasteiger partial charge is 0.435 e. The lowest BCUT2D eigenvalue weighted by molar-refractivity contribution is -0.142. The molecule has 0 saturated carbocycles. The van der Waals surface area contributed by atoms with Gasteiger partial charge in [-0.3, -0.25) is 14.4 Å². The summed E-state index contributed by atoms with van der Waals surface area (Å²) in [4.78, 5) is 16.1. The van der Waals surface area contributed by atoms with Gasteiger partial charge in [-0.1, -0.05) is 0 Å². The van der Waals surface area contributed by atoms with Crippen molar-refractivity contribution >= 4 is 5.91 Å². The summed E-state index contributed by atoms with van der Waals surface area (Å²) in [5.74, 6) is -0.622. The van der Waals surface area contributed by atoms with Crippen LogP contribution < -0.4 is 0 Å². The normalized spacial score (nSPS) is 26.2. The summed E-state index contributed by atoms with van der Waals surface area (Å²) in [6.07, 6.45) is -2.84. The molecule has 128 valence electrons. The minimum Gasteiger partial charge on any atom is -0.375 e. The predicted molar refractivity (Wildman–Crippen MR) is 74.9 cm³/mol. The number of carbonyl (C=O) groups excluding carboxylic acids is 1. The van der Waals surface area contributed by atoms with Gasteiger partial charge in [0.25, 0.3) is 5.91 Å². The summed E-state index contributed by atoms with van der Waals surface area (Å²) < 4.78 is 45.9. The highest BCUT2D eigenvalue weighted by Crippen LogP contribution is 2.32. The molecule has 2 saturated heterocycles. The van der Waals surface area contributed by atoms with E-state index in [1.807, 2.05) is 7.05 Å². The zero-order valence-corrected chi connectivity index (χ0v) is 13.0. The van der Waals surface area contributed by atoms with E-state index < -0.39 is 23.3 Å². The van der Waals surface area contributed by atoms with Crippen molar-refractivity contribution in [1.82, 2.24) is 19.6 Å². The maximum absolute atomic E-state index is 13.0. The lowest BCUT2D eigenvalue weighted by Crippen LogP contribution is -2.59. The van der Waals surface area contributed by atoms with Crippen molar-refractivity contribution in [3.8, 4) is 0 Å². The van der Waals surface area contributed by atoms with Gasteiger partial charge in [-0.25, -0.2) is 0 Å². The zero-order chi connectivity index (χ0) is 16.8. The molecule has 0 radical (unpaired) electrons. The zero-order valence-electron chi connectivity index (χ0n) is 13.0. The van der Waals surface area contributed by atoms with Crippen molar-refractivity contribution in [2.75, 3.05) is 33.3 Å². The Balaban J connectivity index is 1.81. The Bertz CT molecular complexity index is 601. The number of morpholine rings is 1. The van der Waals surface area contributed by atoms with Crippen molar-refractivity contribution < 1.29 is 22.7 Å². The Morgan fingerprint density at radius 2 is 2.09 bits per heavy atom. The number of aromatic nitrogens is 2. The number of piperidine rings is 1. The molecule has 0 spiro atoms. The van der Waals surface area contributed by atoms with Crippen molar-refractivity contribution in [3.63, 3.8) is 0 Å². The summed E-state index contributed by atoms with van der Waals surface area (Å²) in [5, 5.41) is 3.40. The standard InChI is InChI=1S/C14H19F3N4O2/c1-19-5-6-23-11-3-4-21(8-10(11)19)13(22)9-7-20(2)18-12(9)14(15,16)17/h7,10-11H,3-6,8H2,1-2H3/t10-,11-/m0/s1. The SMILES string of the molecule is CN1CCO[C@H]2CCN(C(=O)c3cn(C)nc3C(F)(F)F)C[C@@H]21. The number of nitrogens with zero attached hydrogens (tertiary/aromatic N) is 4. The molecule has 0 unspecified atom stereocenters. The number of alkyl halides is 3. The van der Waals surface area contributed by atoms with E-state index in [1.54, 1.807) is 0 Å². The molecule has 6 nitrogen and oxygen atoms in total. The highest BCUT2D eigenvalue weighted by molar-refractivity contribution is 5.95. The predicted octanol–water partition coefficient (Wildman–Crippen LogP) is 0.984. The lowest BCUT2D eigenvalue weighted by Gasteiger charge is -2.45. The highest BCUT2D eigenvalue weighted by atomic mass is 19.4. The summed E-state index contributed by atoms with van der Waals surface area (Å²) in [6, 6.07) is 0.0208. The summed E-state index contributed by atoms with van der Waals surface area (Å²) >= 11 is 0. The second-order valence-electron chi connectivity index (χ2n) is 6.06. The lowest BCUT2D eigenvalue weighted by atomic mass is 9.98. The van der Waals surface area contributed by atoms with Gasteiger partial charge in [0.2, 0.25) is 0 Å². The summed E-state index contributed by atoms with van der Waals surface area (Å²) in [5.41, 5.74) is -1.52. The maximum atomic E-state index is 13.0. The van der Waals surface area contributed by atoms with Crippen molar-refractivity contribution in [3.05, 3.63) is 17.5 Å². The highest BCUT2D eigenvalue weighted by Gasteiger charge is 2.42. The van der Waals surface area contributed by atoms with Crippen LogP contribution in [0.15, 0.2) is 6.20 Å². The minimum absolute atomic E-state index is 0.0208. The average Bonchev–Trinajstić information content (AvgIpc) is 2.89. The fourth-order valence-electron chi connectivity index (χ4n) is 3.25. The number of hydrogen-bond acceptors (Lipinski definition) is 4. The molecule has 0 aliphatic carbocycles. The Morgan fingerprint density at radius 1 is 1.35 bits per heavy atom. The van der Waals surface area contributed by atoms with Gasteiger partial charge in [-0.05, 0) is 13.5 Å². The van der Waals surface area contributed by atoms with E-state index >= 15 is 0 Å². The number of aryl methyl sites for hydroxylation is 1. The quantitative estimate of drug-likeness (QED) is 0.769. The third-order valence-corrected chi connectivity index (χ3v) is 4.48. The molecular weight excluding hydrogens is 313 g/mol. The topological polar surface area (TPSA) is 50.6 Å². The van der Waals surface area contributed by atoms with Gasteiger partial charge in [-0.2, -0.15) is 18.3 Å². The molecule has 0 aromatic carbocycles. The fraction of sp³-hybridized carbons (Fsp3) is 0.714. The van der Waals surface area contributed by atoms with Gasteiger partial charge in [-0.15, -0.1) is 0 Å². The Kier molecular flexibility index (Phi) is 4.09. The molecule has 2 fully saturated rings. The molecule has 2 aliphatic heterocycles. The molecule has 1 aromatic heterocycles. The Hall–Kier alpha value is -1.61. The number of rotatable bonds is 1. The molecule has 3 heterocycles. The fourth-order valence-corrected chi connectivity index (χ4v) is 3.25. The van der Waals surface area contributed by atoms with Gasteiger partial charge < -0.3 is 9.64 Å². The smallest absolute Gasteiger partial charge is 0.375 e. The van der Waals surface area contributed by atoms with Crippen LogP contribution in [0.25, 0.3) is 0 Å². The molecule has 0 N–H and O–H groups in total. The number of halogens is 3. The molecule has 23 heavy (non-hydrogen) atoms. The number of likely N-dealkylation sites (tertiary alicyclic amines) is 1. The molecular formula is C14H19F3N4O2. The molecule has 1 amide bonds. The van der Waals surface area contributed by atoms with E-state index in [2.05, 4.69) is 10.00 Å². The molecule has 3 rings (SSSR count). The first-order valence-electron chi connectivity index (χ1n) is 7.49. The van der Waals surface area contributed by atoms with Crippen molar-refractivity contribution in [1.29, 1.82) is 0 Å². The van der Waals surface area contributed by atoms with Gasteiger partial charge in [0.1, 0.15) is 0 Å². The van der Waals surface area contributed by atoms with Gasteiger partial charge in [0.15, 0.2) is 5.69 Å². The first-order valence-corrected chi connectivity index (χ1v) is 7.49. The molecule has 0 bridgehead atoms. The van der Waals surface area contributed by atoms with E-state index in [0.29, 0.717) is 26.1 Å². The molecule has 2 atom stereocenters. The monoisotopic (exact) mass is 332 g/mol. The number of carbonyl (C=O) groups is 1. The van der Waals surface area contributed by atoms with Crippen LogP contribution >= 0.6 is 0 Å². The van der Waals surface area contributed by atoms with E-state index in [1.165, 1.54) is 11.9 Å².